The second-order valence-electron chi connectivity index (χ2n) is 6.71. The molecule has 0 N–H and O–H groups in total. The average Bonchev–Trinajstić information content (AvgIpc) is 3.04. The number of amidine groups is 1. The number of carbonyl (C=O) groups is 1. The van der Waals surface area contributed by atoms with Crippen LogP contribution in [0.2, 0.25) is 0 Å². The molecule has 0 spiro atoms. The molecule has 3 aromatic carbocycles. The van der Waals surface area contributed by atoms with Gasteiger partial charge in [0.25, 0.3) is 5.91 Å². The Morgan fingerprint density at radius 3 is 2.45 bits per heavy atom. The summed E-state index contributed by atoms with van der Waals surface area (Å²) in [5, 5.41) is 6.09. The molecule has 1 fully saturated rings. The van der Waals surface area contributed by atoms with Gasteiger partial charge >= 0.3 is 0 Å². The molecule has 1 amide bonds. The Balaban J connectivity index is 1.82. The van der Waals surface area contributed by atoms with Gasteiger partial charge in [-0.2, -0.15) is 0 Å². The van der Waals surface area contributed by atoms with Gasteiger partial charge in [0.15, 0.2) is 5.17 Å². The number of nitrogens with zero attached hydrogens (tertiary/aromatic N) is 3. The molecule has 146 valence electrons. The smallest absolute Gasteiger partial charge is 0.281 e. The average molecular weight is 404 g/mol. The van der Waals surface area contributed by atoms with E-state index in [9.17, 15) is 4.79 Å². The lowest BCUT2D eigenvalue weighted by atomic mass is 10.0. The number of aliphatic imine (C=N–C) groups is 1. The molecular formula is C23H21N3O2S. The second kappa shape index (κ2) is 8.11. The van der Waals surface area contributed by atoms with Crippen molar-refractivity contribution >= 4 is 45.4 Å². The third kappa shape index (κ3) is 3.77. The molecule has 1 aliphatic heterocycles. The summed E-state index contributed by atoms with van der Waals surface area (Å²) in [5.41, 5.74) is 1.69. The number of methoxy groups -OCH3 is 1. The largest absolute Gasteiger partial charge is 0.496 e. The molecule has 0 aromatic heterocycles. The highest BCUT2D eigenvalue weighted by Gasteiger charge is 2.35. The quantitative estimate of drug-likeness (QED) is 0.580. The van der Waals surface area contributed by atoms with Crippen LogP contribution in [0.4, 0.5) is 5.69 Å². The molecule has 0 radical (unpaired) electrons. The van der Waals surface area contributed by atoms with Crippen molar-refractivity contribution in [2.75, 3.05) is 21.2 Å². The van der Waals surface area contributed by atoms with Gasteiger partial charge in [0.1, 0.15) is 5.75 Å². The van der Waals surface area contributed by atoms with Gasteiger partial charge in [-0.25, -0.2) is 15.0 Å². The molecule has 5 nitrogen and oxygen atoms in total. The highest BCUT2D eigenvalue weighted by Crippen LogP contribution is 2.38. The first-order valence-electron chi connectivity index (χ1n) is 9.19. The van der Waals surface area contributed by atoms with Crippen LogP contribution in [0.25, 0.3) is 16.8 Å². The predicted molar refractivity (Wildman–Crippen MR) is 120 cm³/mol. The highest BCUT2D eigenvalue weighted by molar-refractivity contribution is 8.18. The maximum atomic E-state index is 13.2. The Bertz CT molecular complexity index is 1120. The van der Waals surface area contributed by atoms with Crippen molar-refractivity contribution < 1.29 is 9.53 Å². The van der Waals surface area contributed by atoms with E-state index in [1.54, 1.807) is 17.1 Å². The highest BCUT2D eigenvalue weighted by atomic mass is 32.2. The number of thioether (sulfide) groups is 1. The van der Waals surface area contributed by atoms with E-state index < -0.39 is 0 Å². The molecule has 6 heteroatoms. The van der Waals surface area contributed by atoms with Gasteiger partial charge in [-0.15, -0.1) is 0 Å². The third-order valence-electron chi connectivity index (χ3n) is 4.59. The summed E-state index contributed by atoms with van der Waals surface area (Å²) in [6.45, 7) is 0. The molecule has 0 atom stereocenters. The molecule has 1 saturated heterocycles. The van der Waals surface area contributed by atoms with Crippen LogP contribution in [-0.2, 0) is 4.79 Å². The first-order chi connectivity index (χ1) is 14.1. The van der Waals surface area contributed by atoms with Crippen LogP contribution in [0.1, 0.15) is 5.56 Å². The Kier molecular flexibility index (Phi) is 5.38. The maximum Gasteiger partial charge on any atom is 0.281 e. The summed E-state index contributed by atoms with van der Waals surface area (Å²) in [6.07, 6.45) is 1.90. The number of rotatable bonds is 4. The van der Waals surface area contributed by atoms with Gasteiger partial charge in [-0.1, -0.05) is 48.5 Å². The van der Waals surface area contributed by atoms with E-state index in [0.717, 1.165) is 27.8 Å². The van der Waals surface area contributed by atoms with Crippen LogP contribution >= 0.6 is 11.8 Å². The number of amides is 1. The zero-order valence-electron chi connectivity index (χ0n) is 16.5. The molecule has 29 heavy (non-hydrogen) atoms. The Hall–Kier alpha value is -3.09. The first kappa shape index (κ1) is 19.2. The monoisotopic (exact) mass is 403 g/mol. The molecule has 4 rings (SSSR count). The molecule has 3 aromatic rings. The summed E-state index contributed by atoms with van der Waals surface area (Å²) < 4.78 is 5.58. The van der Waals surface area contributed by atoms with Crippen LogP contribution in [0.5, 0.6) is 5.75 Å². The minimum Gasteiger partial charge on any atom is -0.496 e. The Morgan fingerprint density at radius 2 is 1.72 bits per heavy atom. The molecule has 0 unspecified atom stereocenters. The normalized spacial score (nSPS) is 17.1. The number of hydrazine groups is 1. The van der Waals surface area contributed by atoms with Crippen molar-refractivity contribution in [3.63, 3.8) is 0 Å². The molecule has 1 heterocycles. The number of ether oxygens (including phenoxy) is 1. The van der Waals surface area contributed by atoms with E-state index in [2.05, 4.69) is 11.1 Å². The molecule has 0 aliphatic carbocycles. The zero-order chi connectivity index (χ0) is 20.4. The zero-order valence-corrected chi connectivity index (χ0v) is 17.3. The SMILES string of the molecule is COc1ccc2ccccc2c1/C=C1/SC(=Nc2ccccc2)N(N(C)C)C1=O. The molecular weight excluding hydrogens is 382 g/mol. The van der Waals surface area contributed by atoms with Gasteiger partial charge in [0.05, 0.1) is 17.7 Å². The Labute approximate surface area is 174 Å². The van der Waals surface area contributed by atoms with Crippen molar-refractivity contribution in [1.82, 2.24) is 10.0 Å². The fourth-order valence-electron chi connectivity index (χ4n) is 3.24. The second-order valence-corrected chi connectivity index (χ2v) is 7.72. The minimum absolute atomic E-state index is 0.107. The predicted octanol–water partition coefficient (Wildman–Crippen LogP) is 4.93. The molecule has 0 bridgehead atoms. The van der Waals surface area contributed by atoms with E-state index >= 15 is 0 Å². The maximum absolute atomic E-state index is 13.2. The van der Waals surface area contributed by atoms with E-state index in [4.69, 9.17) is 4.74 Å². The third-order valence-corrected chi connectivity index (χ3v) is 5.55. The van der Waals surface area contributed by atoms with E-state index in [0.29, 0.717) is 10.1 Å². The molecule has 1 aliphatic rings. The summed E-state index contributed by atoms with van der Waals surface area (Å²) in [7, 11) is 5.31. The first-order valence-corrected chi connectivity index (χ1v) is 10.0. The Morgan fingerprint density at radius 1 is 1.00 bits per heavy atom. The number of benzene rings is 3. The van der Waals surface area contributed by atoms with Gasteiger partial charge in [0.2, 0.25) is 0 Å². The van der Waals surface area contributed by atoms with Crippen molar-refractivity contribution in [3.8, 4) is 5.75 Å². The van der Waals surface area contributed by atoms with Crippen molar-refractivity contribution in [3.05, 3.63) is 77.2 Å². The van der Waals surface area contributed by atoms with Gasteiger partial charge in [-0.05, 0) is 46.8 Å². The lowest BCUT2D eigenvalue weighted by Crippen LogP contribution is -2.40. The standard InChI is InChI=1S/C23H21N3O2S/c1-25(2)26-22(27)21(29-23(26)24-17-10-5-4-6-11-17)15-19-18-12-8-7-9-16(18)13-14-20(19)28-3/h4-15H,1-3H3/b21-15+,24-23?. The summed E-state index contributed by atoms with van der Waals surface area (Å²) in [6, 6.07) is 21.7. The lowest BCUT2D eigenvalue weighted by Gasteiger charge is -2.22. The van der Waals surface area contributed by atoms with E-state index in [-0.39, 0.29) is 5.91 Å². The van der Waals surface area contributed by atoms with Crippen molar-refractivity contribution in [1.29, 1.82) is 0 Å². The van der Waals surface area contributed by atoms with Gasteiger partial charge < -0.3 is 4.74 Å². The number of carbonyl (C=O) groups excluding carboxylic acids is 1. The van der Waals surface area contributed by atoms with Crippen molar-refractivity contribution in [2.45, 2.75) is 0 Å². The fourth-order valence-corrected chi connectivity index (χ4v) is 4.27. The summed E-state index contributed by atoms with van der Waals surface area (Å²) >= 11 is 1.36. The van der Waals surface area contributed by atoms with Crippen LogP contribution in [0.3, 0.4) is 0 Å². The van der Waals surface area contributed by atoms with Gasteiger partial charge in [0, 0.05) is 19.7 Å². The van der Waals surface area contributed by atoms with Crippen molar-refractivity contribution in [2.24, 2.45) is 4.99 Å². The van der Waals surface area contributed by atoms with Crippen LogP contribution in [0.15, 0.2) is 76.6 Å². The van der Waals surface area contributed by atoms with E-state index in [1.165, 1.54) is 11.8 Å². The van der Waals surface area contributed by atoms with Crippen LogP contribution in [-0.4, -0.2) is 42.3 Å². The topological polar surface area (TPSA) is 45.1 Å². The molecule has 0 saturated carbocycles. The number of fused-ring (bicyclic) bond motifs is 1. The number of hydrogen-bond acceptors (Lipinski definition) is 5. The lowest BCUT2D eigenvalue weighted by molar-refractivity contribution is -0.130. The summed E-state index contributed by atoms with van der Waals surface area (Å²) in [5.74, 6) is 0.624. The number of hydrogen-bond donors (Lipinski definition) is 0. The van der Waals surface area contributed by atoms with Gasteiger partial charge in [-0.3, -0.25) is 4.79 Å². The van der Waals surface area contributed by atoms with Crippen LogP contribution in [0, 0.1) is 0 Å². The number of para-hydroxylation sites is 1. The van der Waals surface area contributed by atoms with Crippen LogP contribution < -0.4 is 4.74 Å². The van der Waals surface area contributed by atoms with E-state index in [1.807, 2.05) is 80.8 Å². The summed E-state index contributed by atoms with van der Waals surface area (Å²) in [4.78, 5) is 18.4. The minimum atomic E-state index is -0.107. The fraction of sp³-hybridized carbons (Fsp3) is 0.130.